The van der Waals surface area contributed by atoms with Crippen LogP contribution >= 0.6 is 11.3 Å². The lowest BCUT2D eigenvalue weighted by molar-refractivity contribution is 0.576. The van der Waals surface area contributed by atoms with Crippen molar-refractivity contribution in [2.75, 3.05) is 11.4 Å². The molecule has 3 aromatic rings. The molecule has 0 aliphatic rings. The molecule has 0 atom stereocenters. The molecular formula is C15H15FN4S. The average molecular weight is 302 g/mol. The van der Waals surface area contributed by atoms with Crippen LogP contribution in [0.2, 0.25) is 0 Å². The van der Waals surface area contributed by atoms with E-state index in [2.05, 4.69) is 15.0 Å². The Morgan fingerprint density at radius 3 is 2.81 bits per heavy atom. The Kier molecular flexibility index (Phi) is 4.25. The lowest BCUT2D eigenvalue weighted by Gasteiger charge is -2.22. The largest absolute Gasteiger partial charge is 0.342 e. The molecular weight excluding hydrogens is 287 g/mol. The van der Waals surface area contributed by atoms with Crippen molar-refractivity contribution in [3.05, 3.63) is 65.7 Å². The third-order valence-electron chi connectivity index (χ3n) is 3.17. The summed E-state index contributed by atoms with van der Waals surface area (Å²) in [6, 6.07) is 8.75. The minimum atomic E-state index is -0.182. The fraction of sp³-hybridized carbons (Fsp3) is 0.200. The van der Waals surface area contributed by atoms with Crippen molar-refractivity contribution in [3.8, 4) is 0 Å². The fourth-order valence-corrected chi connectivity index (χ4v) is 2.77. The van der Waals surface area contributed by atoms with Gasteiger partial charge in [0.2, 0.25) is 0 Å². The van der Waals surface area contributed by atoms with Crippen molar-refractivity contribution in [2.24, 2.45) is 0 Å². The Bertz CT molecular complexity index is 667. The Balaban J connectivity index is 1.75. The number of rotatable bonds is 6. The summed E-state index contributed by atoms with van der Waals surface area (Å²) in [7, 11) is 0. The predicted octanol–water partition coefficient (Wildman–Crippen LogP) is 3.19. The van der Waals surface area contributed by atoms with Crippen molar-refractivity contribution in [2.45, 2.75) is 13.1 Å². The van der Waals surface area contributed by atoms with E-state index >= 15 is 0 Å². The molecule has 0 radical (unpaired) electrons. The predicted molar refractivity (Wildman–Crippen MR) is 81.8 cm³/mol. The fourth-order valence-electron chi connectivity index (χ4n) is 2.10. The molecule has 0 aliphatic heterocycles. The van der Waals surface area contributed by atoms with Crippen LogP contribution in [-0.4, -0.2) is 21.3 Å². The normalized spacial score (nSPS) is 10.7. The molecule has 0 unspecified atom stereocenters. The summed E-state index contributed by atoms with van der Waals surface area (Å²) >= 11 is 1.56. The number of aromatic nitrogens is 3. The quantitative estimate of drug-likeness (QED) is 0.701. The van der Waals surface area contributed by atoms with Crippen molar-refractivity contribution in [3.63, 3.8) is 0 Å². The SMILES string of the molecule is Fc1ccccc1CN(CCn1cccn1)c1nccs1. The molecule has 0 N–H and O–H groups in total. The van der Waals surface area contributed by atoms with Gasteiger partial charge in [0.05, 0.1) is 6.54 Å². The Morgan fingerprint density at radius 1 is 1.19 bits per heavy atom. The third kappa shape index (κ3) is 3.46. The zero-order valence-corrected chi connectivity index (χ0v) is 12.2. The second kappa shape index (κ2) is 6.49. The highest BCUT2D eigenvalue weighted by molar-refractivity contribution is 7.13. The number of hydrogen-bond acceptors (Lipinski definition) is 4. The van der Waals surface area contributed by atoms with Crippen LogP contribution in [0.1, 0.15) is 5.56 Å². The molecule has 108 valence electrons. The first-order valence-corrected chi connectivity index (χ1v) is 7.56. The minimum absolute atomic E-state index is 0.182. The molecule has 2 aromatic heterocycles. The topological polar surface area (TPSA) is 34.0 Å². The lowest BCUT2D eigenvalue weighted by Crippen LogP contribution is -2.27. The van der Waals surface area contributed by atoms with Crippen LogP contribution in [0.25, 0.3) is 0 Å². The number of thiazole rings is 1. The van der Waals surface area contributed by atoms with Gasteiger partial charge in [-0.05, 0) is 12.1 Å². The van der Waals surface area contributed by atoms with E-state index in [9.17, 15) is 4.39 Å². The number of halogens is 1. The first-order chi connectivity index (χ1) is 10.3. The van der Waals surface area contributed by atoms with Crippen LogP contribution in [0, 0.1) is 5.82 Å². The molecule has 0 fully saturated rings. The molecule has 0 bridgehead atoms. The molecule has 0 saturated heterocycles. The molecule has 2 heterocycles. The van der Waals surface area contributed by atoms with Gasteiger partial charge in [0.1, 0.15) is 5.82 Å². The van der Waals surface area contributed by atoms with E-state index in [1.54, 1.807) is 29.8 Å². The summed E-state index contributed by atoms with van der Waals surface area (Å²) < 4.78 is 15.7. The summed E-state index contributed by atoms with van der Waals surface area (Å²) in [4.78, 5) is 6.41. The van der Waals surface area contributed by atoms with E-state index in [4.69, 9.17) is 0 Å². The second-order valence-electron chi connectivity index (χ2n) is 4.60. The monoisotopic (exact) mass is 302 g/mol. The molecule has 0 aliphatic carbocycles. The molecule has 0 amide bonds. The van der Waals surface area contributed by atoms with Gasteiger partial charge in [-0.1, -0.05) is 18.2 Å². The van der Waals surface area contributed by atoms with Gasteiger partial charge in [0.25, 0.3) is 0 Å². The zero-order valence-electron chi connectivity index (χ0n) is 11.4. The Morgan fingerprint density at radius 2 is 2.10 bits per heavy atom. The average Bonchev–Trinajstić information content (AvgIpc) is 3.18. The van der Waals surface area contributed by atoms with Gasteiger partial charge < -0.3 is 4.90 Å². The van der Waals surface area contributed by atoms with Gasteiger partial charge in [0.15, 0.2) is 5.13 Å². The zero-order chi connectivity index (χ0) is 14.5. The van der Waals surface area contributed by atoms with Gasteiger partial charge >= 0.3 is 0 Å². The Labute approximate surface area is 126 Å². The van der Waals surface area contributed by atoms with Gasteiger partial charge in [0, 0.05) is 42.6 Å². The molecule has 21 heavy (non-hydrogen) atoms. The highest BCUT2D eigenvalue weighted by Crippen LogP contribution is 2.21. The van der Waals surface area contributed by atoms with Crippen molar-refractivity contribution in [1.29, 1.82) is 0 Å². The Hall–Kier alpha value is -2.21. The maximum Gasteiger partial charge on any atom is 0.185 e. The highest BCUT2D eigenvalue weighted by atomic mass is 32.1. The van der Waals surface area contributed by atoms with E-state index in [-0.39, 0.29) is 5.82 Å². The van der Waals surface area contributed by atoms with E-state index < -0.39 is 0 Å². The van der Waals surface area contributed by atoms with Crippen molar-refractivity contribution < 1.29 is 4.39 Å². The van der Waals surface area contributed by atoms with Crippen molar-refractivity contribution >= 4 is 16.5 Å². The van der Waals surface area contributed by atoms with Crippen LogP contribution in [0.3, 0.4) is 0 Å². The van der Waals surface area contributed by atoms with E-state index in [0.29, 0.717) is 12.1 Å². The van der Waals surface area contributed by atoms with Gasteiger partial charge in [-0.3, -0.25) is 4.68 Å². The first kappa shape index (κ1) is 13.8. The summed E-state index contributed by atoms with van der Waals surface area (Å²) in [5, 5.41) is 7.02. The minimum Gasteiger partial charge on any atom is -0.342 e. The third-order valence-corrected chi connectivity index (χ3v) is 4.00. The van der Waals surface area contributed by atoms with Crippen LogP contribution in [0.5, 0.6) is 0 Å². The molecule has 0 spiro atoms. The second-order valence-corrected chi connectivity index (χ2v) is 5.47. The summed E-state index contributed by atoms with van der Waals surface area (Å²) in [5.74, 6) is -0.182. The van der Waals surface area contributed by atoms with Gasteiger partial charge in [-0.25, -0.2) is 9.37 Å². The van der Waals surface area contributed by atoms with Gasteiger partial charge in [-0.15, -0.1) is 11.3 Å². The lowest BCUT2D eigenvalue weighted by atomic mass is 10.2. The summed E-state index contributed by atoms with van der Waals surface area (Å²) in [5.41, 5.74) is 0.674. The molecule has 1 aromatic carbocycles. The van der Waals surface area contributed by atoms with Crippen LogP contribution in [0.15, 0.2) is 54.3 Å². The first-order valence-electron chi connectivity index (χ1n) is 6.68. The van der Waals surface area contributed by atoms with E-state index in [1.807, 2.05) is 34.5 Å². The van der Waals surface area contributed by atoms with Crippen LogP contribution < -0.4 is 4.90 Å². The standard InChI is InChI=1S/C15H15FN4S/c16-14-5-2-1-4-13(14)12-19(15-17-7-11-21-15)9-10-20-8-3-6-18-20/h1-8,11H,9-10,12H2. The maximum atomic E-state index is 13.8. The smallest absolute Gasteiger partial charge is 0.185 e. The number of benzene rings is 1. The molecule has 4 nitrogen and oxygen atoms in total. The van der Waals surface area contributed by atoms with Crippen LogP contribution in [0.4, 0.5) is 9.52 Å². The summed E-state index contributed by atoms with van der Waals surface area (Å²) in [6.45, 7) is 1.96. The van der Waals surface area contributed by atoms with Crippen LogP contribution in [-0.2, 0) is 13.1 Å². The highest BCUT2D eigenvalue weighted by Gasteiger charge is 2.12. The summed E-state index contributed by atoms with van der Waals surface area (Å²) in [6.07, 6.45) is 5.44. The van der Waals surface area contributed by atoms with Gasteiger partial charge in [-0.2, -0.15) is 5.10 Å². The molecule has 0 saturated carbocycles. The number of hydrogen-bond donors (Lipinski definition) is 0. The van der Waals surface area contributed by atoms with Crippen molar-refractivity contribution in [1.82, 2.24) is 14.8 Å². The molecule has 6 heteroatoms. The maximum absolute atomic E-state index is 13.8. The number of nitrogens with zero attached hydrogens (tertiary/aromatic N) is 4. The van der Waals surface area contributed by atoms with E-state index in [0.717, 1.165) is 18.2 Å². The molecule has 3 rings (SSSR count). The van der Waals surface area contributed by atoms with E-state index in [1.165, 1.54) is 6.07 Å². The number of anilines is 1.